The van der Waals surface area contributed by atoms with Crippen molar-refractivity contribution in [3.8, 4) is 11.5 Å². The van der Waals surface area contributed by atoms with E-state index in [9.17, 15) is 13.2 Å². The highest BCUT2D eigenvalue weighted by atomic mass is 32.2. The van der Waals surface area contributed by atoms with Gasteiger partial charge in [0, 0.05) is 49.9 Å². The molecule has 1 saturated heterocycles. The molecule has 0 aliphatic carbocycles. The fourth-order valence-corrected chi connectivity index (χ4v) is 6.50. The normalized spacial score (nSPS) is 14.4. The summed E-state index contributed by atoms with van der Waals surface area (Å²) in [5.41, 5.74) is 2.63. The molecular weight excluding hydrogens is 514 g/mol. The fraction of sp³-hybridized carbons (Fsp3) is 0.267. The highest BCUT2D eigenvalue weighted by Gasteiger charge is 2.24. The number of pyridine rings is 1. The molecule has 0 atom stereocenters. The maximum Gasteiger partial charge on any atom is 0.253 e. The van der Waals surface area contributed by atoms with Crippen LogP contribution in [0.5, 0.6) is 11.5 Å². The zero-order valence-corrected chi connectivity index (χ0v) is 22.9. The predicted octanol–water partition coefficient (Wildman–Crippen LogP) is 4.18. The predicted molar refractivity (Wildman–Crippen MR) is 150 cm³/mol. The number of piperazine rings is 1. The zero-order valence-electron chi connectivity index (χ0n) is 22.0. The van der Waals surface area contributed by atoms with Crippen molar-refractivity contribution in [1.29, 1.82) is 0 Å². The number of benzene rings is 3. The highest BCUT2D eigenvalue weighted by Crippen LogP contribution is 2.30. The Morgan fingerprint density at radius 3 is 2.15 bits per heavy atom. The molecule has 3 aromatic carbocycles. The van der Waals surface area contributed by atoms with Crippen LogP contribution >= 0.6 is 0 Å². The Kier molecular flexibility index (Phi) is 7.81. The van der Waals surface area contributed by atoms with Crippen molar-refractivity contribution in [2.75, 3.05) is 40.4 Å². The summed E-state index contributed by atoms with van der Waals surface area (Å²) in [5, 5.41) is 0.779. The average Bonchev–Trinajstić information content (AvgIpc) is 2.97. The van der Waals surface area contributed by atoms with Crippen LogP contribution in [-0.4, -0.2) is 69.5 Å². The molecule has 0 saturated carbocycles. The number of amides is 1. The van der Waals surface area contributed by atoms with Gasteiger partial charge in [0.15, 0.2) is 9.84 Å². The number of aromatic nitrogens is 1. The van der Waals surface area contributed by atoms with Gasteiger partial charge in [-0.05, 0) is 42.0 Å². The summed E-state index contributed by atoms with van der Waals surface area (Å²) < 4.78 is 37.4. The molecule has 0 N–H and O–H groups in total. The first-order chi connectivity index (χ1) is 18.9. The monoisotopic (exact) mass is 545 g/mol. The SMILES string of the molecule is COc1cccc(OC)c1CN1CCN(C(=O)c2ccc(CS(=O)(=O)c3cccc4cccnc34)cc2)CC1. The largest absolute Gasteiger partial charge is 0.496 e. The molecule has 39 heavy (non-hydrogen) atoms. The molecule has 9 heteroatoms. The number of methoxy groups -OCH3 is 2. The van der Waals surface area contributed by atoms with Crippen molar-refractivity contribution in [2.45, 2.75) is 17.2 Å². The molecule has 1 aliphatic heterocycles. The smallest absolute Gasteiger partial charge is 0.253 e. The molecular formula is C30H31N3O5S. The van der Waals surface area contributed by atoms with Crippen molar-refractivity contribution >= 4 is 26.6 Å². The van der Waals surface area contributed by atoms with Gasteiger partial charge in [0.2, 0.25) is 0 Å². The summed E-state index contributed by atoms with van der Waals surface area (Å²) in [6.45, 7) is 3.32. The van der Waals surface area contributed by atoms with E-state index in [1.807, 2.05) is 35.2 Å². The number of fused-ring (bicyclic) bond motifs is 1. The molecule has 202 valence electrons. The molecule has 0 spiro atoms. The first-order valence-electron chi connectivity index (χ1n) is 12.8. The van der Waals surface area contributed by atoms with Gasteiger partial charge in [0.05, 0.1) is 35.9 Å². The lowest BCUT2D eigenvalue weighted by Gasteiger charge is -2.35. The van der Waals surface area contributed by atoms with Crippen LogP contribution in [0.15, 0.2) is 83.9 Å². The summed E-state index contributed by atoms with van der Waals surface area (Å²) in [5.74, 6) is 1.35. The fourth-order valence-electron chi connectivity index (χ4n) is 4.97. The molecule has 1 aliphatic rings. The number of rotatable bonds is 8. The van der Waals surface area contributed by atoms with E-state index in [-0.39, 0.29) is 16.6 Å². The minimum Gasteiger partial charge on any atom is -0.496 e. The second-order valence-electron chi connectivity index (χ2n) is 9.50. The minimum atomic E-state index is -3.62. The average molecular weight is 546 g/mol. The summed E-state index contributed by atoms with van der Waals surface area (Å²) in [7, 11) is -0.318. The third kappa shape index (κ3) is 5.74. The lowest BCUT2D eigenvalue weighted by atomic mass is 10.1. The Bertz CT molecular complexity index is 1550. The highest BCUT2D eigenvalue weighted by molar-refractivity contribution is 7.90. The number of para-hydroxylation sites is 1. The van der Waals surface area contributed by atoms with Gasteiger partial charge in [0.25, 0.3) is 5.91 Å². The summed E-state index contributed by atoms with van der Waals surface area (Å²) in [6, 6.07) is 21.4. The Balaban J connectivity index is 1.22. The van der Waals surface area contributed by atoms with E-state index in [4.69, 9.17) is 9.47 Å². The zero-order chi connectivity index (χ0) is 27.4. The Morgan fingerprint density at radius 1 is 0.846 bits per heavy atom. The first kappa shape index (κ1) is 26.6. The Hall–Kier alpha value is -3.95. The van der Waals surface area contributed by atoms with Gasteiger partial charge in [-0.3, -0.25) is 14.7 Å². The van der Waals surface area contributed by atoms with E-state index in [1.54, 1.807) is 62.9 Å². The van der Waals surface area contributed by atoms with Gasteiger partial charge in [-0.1, -0.05) is 36.4 Å². The molecule has 0 unspecified atom stereocenters. The van der Waals surface area contributed by atoms with E-state index in [0.29, 0.717) is 36.3 Å². The van der Waals surface area contributed by atoms with E-state index < -0.39 is 9.84 Å². The minimum absolute atomic E-state index is 0.0582. The van der Waals surface area contributed by atoms with Gasteiger partial charge in [-0.25, -0.2) is 8.42 Å². The third-order valence-corrected chi connectivity index (χ3v) is 8.77. The topological polar surface area (TPSA) is 89.0 Å². The van der Waals surface area contributed by atoms with E-state index >= 15 is 0 Å². The molecule has 1 fully saturated rings. The maximum absolute atomic E-state index is 13.2. The Labute approximate surface area is 228 Å². The lowest BCUT2D eigenvalue weighted by molar-refractivity contribution is 0.0626. The summed E-state index contributed by atoms with van der Waals surface area (Å²) in [4.78, 5) is 21.8. The van der Waals surface area contributed by atoms with Crippen molar-refractivity contribution in [3.63, 3.8) is 0 Å². The molecule has 5 rings (SSSR count). The van der Waals surface area contributed by atoms with Gasteiger partial charge >= 0.3 is 0 Å². The summed E-state index contributed by atoms with van der Waals surface area (Å²) >= 11 is 0. The van der Waals surface area contributed by atoms with Crippen LogP contribution in [-0.2, 0) is 22.1 Å². The van der Waals surface area contributed by atoms with Crippen LogP contribution < -0.4 is 9.47 Å². The van der Waals surface area contributed by atoms with Gasteiger partial charge < -0.3 is 14.4 Å². The van der Waals surface area contributed by atoms with Crippen LogP contribution in [0.4, 0.5) is 0 Å². The molecule has 0 bridgehead atoms. The lowest BCUT2D eigenvalue weighted by Crippen LogP contribution is -2.48. The van der Waals surface area contributed by atoms with Crippen LogP contribution in [0.1, 0.15) is 21.5 Å². The van der Waals surface area contributed by atoms with Crippen LogP contribution in [0.3, 0.4) is 0 Å². The second kappa shape index (κ2) is 11.4. The van der Waals surface area contributed by atoms with Crippen molar-refractivity contribution < 1.29 is 22.7 Å². The van der Waals surface area contributed by atoms with Gasteiger partial charge in [-0.15, -0.1) is 0 Å². The van der Waals surface area contributed by atoms with Crippen molar-refractivity contribution in [2.24, 2.45) is 0 Å². The number of sulfone groups is 1. The number of nitrogens with zero attached hydrogens (tertiary/aromatic N) is 3. The Morgan fingerprint density at radius 2 is 1.49 bits per heavy atom. The number of hydrogen-bond donors (Lipinski definition) is 0. The van der Waals surface area contributed by atoms with E-state index in [1.165, 1.54) is 0 Å². The standard InChI is InChI=1S/C30H31N3O5S/c1-37-26-8-4-9-27(38-2)25(26)20-32-16-18-33(19-17-32)30(34)24-13-11-22(12-14-24)21-39(35,36)28-10-3-6-23-7-5-15-31-29(23)28/h3-15H,16-21H2,1-2H3. The van der Waals surface area contributed by atoms with Crippen molar-refractivity contribution in [1.82, 2.24) is 14.8 Å². The van der Waals surface area contributed by atoms with E-state index in [2.05, 4.69) is 9.88 Å². The number of carbonyl (C=O) groups excluding carboxylic acids is 1. The molecule has 0 radical (unpaired) electrons. The first-order valence-corrected chi connectivity index (χ1v) is 14.4. The van der Waals surface area contributed by atoms with Gasteiger partial charge in [-0.2, -0.15) is 0 Å². The third-order valence-electron chi connectivity index (χ3n) is 7.06. The molecule has 1 aromatic heterocycles. The maximum atomic E-state index is 13.2. The van der Waals surface area contributed by atoms with E-state index in [0.717, 1.165) is 35.5 Å². The molecule has 1 amide bonds. The molecule has 8 nitrogen and oxygen atoms in total. The summed E-state index contributed by atoms with van der Waals surface area (Å²) in [6.07, 6.45) is 1.59. The number of hydrogen-bond acceptors (Lipinski definition) is 7. The number of carbonyl (C=O) groups is 1. The van der Waals surface area contributed by atoms with Crippen LogP contribution in [0, 0.1) is 0 Å². The second-order valence-corrected chi connectivity index (χ2v) is 11.5. The van der Waals surface area contributed by atoms with Crippen molar-refractivity contribution in [3.05, 3.63) is 95.7 Å². The van der Waals surface area contributed by atoms with Crippen LogP contribution in [0.2, 0.25) is 0 Å². The number of ether oxygens (including phenoxy) is 2. The van der Waals surface area contributed by atoms with Gasteiger partial charge in [0.1, 0.15) is 11.5 Å². The molecule has 2 heterocycles. The van der Waals surface area contributed by atoms with Crippen LogP contribution in [0.25, 0.3) is 10.9 Å². The molecule has 4 aromatic rings. The quantitative estimate of drug-likeness (QED) is 0.328.